The van der Waals surface area contributed by atoms with Crippen LogP contribution >= 0.6 is 0 Å². The van der Waals surface area contributed by atoms with Crippen LogP contribution in [0.1, 0.15) is 0 Å². The lowest BCUT2D eigenvalue weighted by Crippen LogP contribution is -1.89. The zero-order chi connectivity index (χ0) is 10.3. The number of pyridine rings is 1. The van der Waals surface area contributed by atoms with Crippen LogP contribution in [0.4, 0.5) is 5.69 Å². The van der Waals surface area contributed by atoms with Crippen molar-refractivity contribution in [2.45, 2.75) is 0 Å². The molecule has 0 aliphatic carbocycles. The molecule has 0 saturated heterocycles. The Morgan fingerprint density at radius 1 is 0.933 bits per heavy atom. The Hall–Kier alpha value is -2.09. The number of nitrogen functional groups attached to an aromatic ring is 1. The van der Waals surface area contributed by atoms with Gasteiger partial charge in [-0.3, -0.25) is 4.98 Å². The lowest BCUT2D eigenvalue weighted by Gasteiger charge is -2.05. The number of nitrogens with two attached hydrogens (primary N) is 1. The first-order chi connectivity index (χ1) is 7.36. The molecule has 0 amide bonds. The van der Waals surface area contributed by atoms with Crippen LogP contribution in [0.15, 0.2) is 48.7 Å². The molecule has 0 unspecified atom stereocenters. The van der Waals surface area contributed by atoms with Crippen molar-refractivity contribution in [2.75, 3.05) is 5.73 Å². The first-order valence-electron chi connectivity index (χ1n) is 4.88. The normalized spacial score (nSPS) is 10.9. The minimum Gasteiger partial charge on any atom is -0.398 e. The van der Waals surface area contributed by atoms with Crippen molar-refractivity contribution in [3.63, 3.8) is 0 Å². The smallest absolute Gasteiger partial charge is 0.0729 e. The average molecular weight is 194 g/mol. The van der Waals surface area contributed by atoms with Crippen molar-refractivity contribution < 1.29 is 0 Å². The zero-order valence-electron chi connectivity index (χ0n) is 8.14. The first-order valence-corrected chi connectivity index (χ1v) is 4.88. The highest BCUT2D eigenvalue weighted by Gasteiger charge is 2.02. The van der Waals surface area contributed by atoms with Gasteiger partial charge in [0.1, 0.15) is 0 Å². The summed E-state index contributed by atoms with van der Waals surface area (Å²) in [7, 11) is 0. The molecule has 0 bridgehead atoms. The molecule has 0 fully saturated rings. The Balaban J connectivity index is 2.64. The van der Waals surface area contributed by atoms with Gasteiger partial charge in [-0.15, -0.1) is 0 Å². The molecule has 0 aliphatic rings. The third-order valence-corrected chi connectivity index (χ3v) is 2.66. The van der Waals surface area contributed by atoms with E-state index < -0.39 is 0 Å². The van der Waals surface area contributed by atoms with Crippen LogP contribution < -0.4 is 5.73 Å². The Labute approximate surface area is 87.4 Å². The van der Waals surface area contributed by atoms with E-state index in [0.717, 1.165) is 16.6 Å². The van der Waals surface area contributed by atoms with E-state index in [9.17, 15) is 0 Å². The SMILES string of the molecule is Nc1ccnc2ccc3ccccc3c12. The van der Waals surface area contributed by atoms with E-state index in [4.69, 9.17) is 5.73 Å². The Bertz CT molecular complexity index is 644. The summed E-state index contributed by atoms with van der Waals surface area (Å²) in [6.07, 6.45) is 1.74. The molecule has 3 aromatic rings. The molecule has 2 N–H and O–H groups in total. The van der Waals surface area contributed by atoms with Gasteiger partial charge < -0.3 is 5.73 Å². The predicted molar refractivity (Wildman–Crippen MR) is 63.7 cm³/mol. The highest BCUT2D eigenvalue weighted by Crippen LogP contribution is 2.27. The minimum absolute atomic E-state index is 0.789. The van der Waals surface area contributed by atoms with Gasteiger partial charge >= 0.3 is 0 Å². The van der Waals surface area contributed by atoms with Crippen LogP contribution in [-0.2, 0) is 0 Å². The van der Waals surface area contributed by atoms with E-state index in [1.807, 2.05) is 24.3 Å². The summed E-state index contributed by atoms with van der Waals surface area (Å²) in [5.74, 6) is 0. The predicted octanol–water partition coefficient (Wildman–Crippen LogP) is 2.97. The summed E-state index contributed by atoms with van der Waals surface area (Å²) in [5, 5.41) is 3.42. The molecule has 1 heterocycles. The first kappa shape index (κ1) is 8.24. The molecule has 15 heavy (non-hydrogen) atoms. The van der Waals surface area contributed by atoms with Crippen molar-refractivity contribution in [1.29, 1.82) is 0 Å². The van der Waals surface area contributed by atoms with E-state index in [2.05, 4.69) is 23.2 Å². The number of anilines is 1. The molecule has 0 atom stereocenters. The molecular formula is C13H10N2. The van der Waals surface area contributed by atoms with E-state index in [0.29, 0.717) is 0 Å². The summed E-state index contributed by atoms with van der Waals surface area (Å²) in [4.78, 5) is 4.31. The summed E-state index contributed by atoms with van der Waals surface area (Å²) >= 11 is 0. The van der Waals surface area contributed by atoms with Gasteiger partial charge in [-0.25, -0.2) is 0 Å². The lowest BCUT2D eigenvalue weighted by molar-refractivity contribution is 1.42. The Kier molecular flexibility index (Phi) is 1.62. The molecule has 3 rings (SSSR count). The van der Waals surface area contributed by atoms with Crippen molar-refractivity contribution in [3.8, 4) is 0 Å². The van der Waals surface area contributed by atoms with Crippen LogP contribution in [0, 0.1) is 0 Å². The van der Waals surface area contributed by atoms with Crippen LogP contribution in [-0.4, -0.2) is 4.98 Å². The van der Waals surface area contributed by atoms with Crippen molar-refractivity contribution in [3.05, 3.63) is 48.7 Å². The van der Waals surface area contributed by atoms with Crippen molar-refractivity contribution in [1.82, 2.24) is 4.98 Å². The van der Waals surface area contributed by atoms with E-state index in [-0.39, 0.29) is 0 Å². The highest BCUT2D eigenvalue weighted by atomic mass is 14.7. The molecule has 2 aromatic carbocycles. The molecule has 0 saturated carbocycles. The van der Waals surface area contributed by atoms with Gasteiger partial charge in [-0.2, -0.15) is 0 Å². The number of aromatic nitrogens is 1. The molecule has 0 radical (unpaired) electrons. The van der Waals surface area contributed by atoms with E-state index in [1.54, 1.807) is 6.20 Å². The fraction of sp³-hybridized carbons (Fsp3) is 0. The van der Waals surface area contributed by atoms with Crippen LogP contribution in [0.5, 0.6) is 0 Å². The second kappa shape index (κ2) is 2.95. The fourth-order valence-corrected chi connectivity index (χ4v) is 1.95. The molecule has 0 aliphatic heterocycles. The van der Waals surface area contributed by atoms with E-state index in [1.165, 1.54) is 10.8 Å². The largest absolute Gasteiger partial charge is 0.398 e. The number of hydrogen-bond donors (Lipinski definition) is 1. The standard InChI is InChI=1S/C13H10N2/c14-11-7-8-15-12-6-5-9-3-1-2-4-10(9)13(11)12/h1-8H,(H2,14,15). The fourth-order valence-electron chi connectivity index (χ4n) is 1.95. The lowest BCUT2D eigenvalue weighted by atomic mass is 10.0. The minimum atomic E-state index is 0.789. The van der Waals surface area contributed by atoms with Crippen LogP contribution in [0.25, 0.3) is 21.7 Å². The molecule has 2 nitrogen and oxygen atoms in total. The van der Waals surface area contributed by atoms with Gasteiger partial charge in [-0.05, 0) is 22.9 Å². The van der Waals surface area contributed by atoms with E-state index >= 15 is 0 Å². The van der Waals surface area contributed by atoms with Gasteiger partial charge in [-0.1, -0.05) is 30.3 Å². The number of nitrogens with zero attached hydrogens (tertiary/aromatic N) is 1. The van der Waals surface area contributed by atoms with Crippen molar-refractivity contribution >= 4 is 27.4 Å². The summed E-state index contributed by atoms with van der Waals surface area (Å²) < 4.78 is 0. The Morgan fingerprint density at radius 2 is 1.80 bits per heavy atom. The quantitative estimate of drug-likeness (QED) is 0.559. The molecule has 2 heteroatoms. The van der Waals surface area contributed by atoms with Gasteiger partial charge in [0.25, 0.3) is 0 Å². The molecule has 72 valence electrons. The van der Waals surface area contributed by atoms with Gasteiger partial charge in [0.15, 0.2) is 0 Å². The second-order valence-corrected chi connectivity index (χ2v) is 3.58. The summed E-state index contributed by atoms with van der Waals surface area (Å²) in [6, 6.07) is 14.1. The summed E-state index contributed by atoms with van der Waals surface area (Å²) in [5.41, 5.74) is 7.72. The van der Waals surface area contributed by atoms with Crippen molar-refractivity contribution in [2.24, 2.45) is 0 Å². The molecular weight excluding hydrogens is 184 g/mol. The third kappa shape index (κ3) is 1.15. The Morgan fingerprint density at radius 3 is 2.73 bits per heavy atom. The number of rotatable bonds is 0. The number of benzene rings is 2. The maximum absolute atomic E-state index is 5.98. The number of hydrogen-bond acceptors (Lipinski definition) is 2. The van der Waals surface area contributed by atoms with Crippen LogP contribution in [0.3, 0.4) is 0 Å². The van der Waals surface area contributed by atoms with Gasteiger partial charge in [0, 0.05) is 17.3 Å². The van der Waals surface area contributed by atoms with Gasteiger partial charge in [0.05, 0.1) is 5.52 Å². The maximum Gasteiger partial charge on any atom is 0.0729 e. The highest BCUT2D eigenvalue weighted by molar-refractivity contribution is 6.11. The topological polar surface area (TPSA) is 38.9 Å². The second-order valence-electron chi connectivity index (χ2n) is 3.58. The maximum atomic E-state index is 5.98. The summed E-state index contributed by atoms with van der Waals surface area (Å²) in [6.45, 7) is 0. The third-order valence-electron chi connectivity index (χ3n) is 2.66. The monoisotopic (exact) mass is 194 g/mol. The van der Waals surface area contributed by atoms with Gasteiger partial charge in [0.2, 0.25) is 0 Å². The number of fused-ring (bicyclic) bond motifs is 3. The molecule has 1 aromatic heterocycles. The zero-order valence-corrected chi connectivity index (χ0v) is 8.14. The average Bonchev–Trinajstić information content (AvgIpc) is 2.29. The molecule has 0 spiro atoms. The van der Waals surface area contributed by atoms with Crippen LogP contribution in [0.2, 0.25) is 0 Å².